The second-order valence-corrected chi connectivity index (χ2v) is 2.57. The largest absolute Gasteiger partial charge is 0.192 e. The summed E-state index contributed by atoms with van der Waals surface area (Å²) in [6, 6.07) is 8.82. The normalized spacial score (nSPS) is 8.15. The van der Waals surface area contributed by atoms with E-state index in [4.69, 9.17) is 15.8 Å². The van der Waals surface area contributed by atoms with Gasteiger partial charge in [0.25, 0.3) is 0 Å². The summed E-state index contributed by atoms with van der Waals surface area (Å²) in [6.07, 6.45) is 0. The lowest BCUT2D eigenvalue weighted by Gasteiger charge is -1.98. The quantitative estimate of drug-likeness (QED) is 0.589. The zero-order chi connectivity index (χ0) is 9.84. The first-order valence-corrected chi connectivity index (χ1v) is 3.58. The molecule has 13 heavy (non-hydrogen) atoms. The van der Waals surface area contributed by atoms with Gasteiger partial charge < -0.3 is 0 Å². The van der Waals surface area contributed by atoms with E-state index >= 15 is 0 Å². The summed E-state index contributed by atoms with van der Waals surface area (Å²) in [4.78, 5) is 0. The van der Waals surface area contributed by atoms with Crippen molar-refractivity contribution in [1.82, 2.24) is 0 Å². The maximum atomic E-state index is 8.70. The summed E-state index contributed by atoms with van der Waals surface area (Å²) in [7, 11) is 0. The van der Waals surface area contributed by atoms with E-state index in [1.807, 2.05) is 18.2 Å². The Morgan fingerprint density at radius 2 is 1.38 bits per heavy atom. The molecule has 3 nitrogen and oxygen atoms in total. The first-order valence-electron chi connectivity index (χ1n) is 3.58. The van der Waals surface area contributed by atoms with E-state index in [1.165, 1.54) is 0 Å². The van der Waals surface area contributed by atoms with Crippen molar-refractivity contribution in [2.75, 3.05) is 0 Å². The average molecular weight is 167 g/mol. The Balaban J connectivity index is 3.59. The van der Waals surface area contributed by atoms with Gasteiger partial charge >= 0.3 is 0 Å². The Labute approximate surface area is 76.1 Å². The molecule has 0 amide bonds. The van der Waals surface area contributed by atoms with E-state index in [1.54, 1.807) is 19.1 Å². The standard InChI is InChI=1S/C10H5N3/c1-7-2-8(4-11)10(6-13)9(3-7)5-12/h2-3H,1H3. The third-order valence-corrected chi connectivity index (χ3v) is 1.64. The molecule has 1 aromatic rings. The van der Waals surface area contributed by atoms with E-state index in [2.05, 4.69) is 0 Å². The highest BCUT2D eigenvalue weighted by atomic mass is 14.3. The molecular weight excluding hydrogens is 162 g/mol. The molecule has 0 fully saturated rings. The number of nitriles is 3. The molecule has 0 saturated carbocycles. The zero-order valence-corrected chi connectivity index (χ0v) is 7.00. The van der Waals surface area contributed by atoms with Crippen LogP contribution in [0.2, 0.25) is 0 Å². The molecule has 1 aromatic carbocycles. The van der Waals surface area contributed by atoms with E-state index in [9.17, 15) is 0 Å². The lowest BCUT2D eigenvalue weighted by molar-refractivity contribution is 1.35. The number of hydrogen-bond donors (Lipinski definition) is 0. The summed E-state index contributed by atoms with van der Waals surface area (Å²) in [6.45, 7) is 1.78. The third kappa shape index (κ3) is 1.48. The molecule has 0 atom stereocenters. The minimum atomic E-state index is 0.163. The van der Waals surface area contributed by atoms with Crippen LogP contribution in [0.15, 0.2) is 12.1 Å². The number of nitrogens with zero attached hydrogens (tertiary/aromatic N) is 3. The smallest absolute Gasteiger partial charge is 0.102 e. The second kappa shape index (κ2) is 3.39. The summed E-state index contributed by atoms with van der Waals surface area (Å²) in [5.41, 5.74) is 1.50. The van der Waals surface area contributed by atoms with Gasteiger partial charge in [-0.25, -0.2) is 0 Å². The highest BCUT2D eigenvalue weighted by Crippen LogP contribution is 2.14. The average Bonchev–Trinajstić information content (AvgIpc) is 2.16. The zero-order valence-electron chi connectivity index (χ0n) is 7.00. The number of aryl methyl sites for hydroxylation is 1. The van der Waals surface area contributed by atoms with Gasteiger partial charge in [-0.15, -0.1) is 0 Å². The number of hydrogen-bond acceptors (Lipinski definition) is 3. The van der Waals surface area contributed by atoms with Crippen molar-refractivity contribution in [2.24, 2.45) is 0 Å². The Morgan fingerprint density at radius 1 is 0.923 bits per heavy atom. The molecule has 0 saturated heterocycles. The van der Waals surface area contributed by atoms with Gasteiger partial charge in [0.1, 0.15) is 18.2 Å². The summed E-state index contributed by atoms with van der Waals surface area (Å²) in [5, 5.41) is 26.1. The van der Waals surface area contributed by atoms with Crippen LogP contribution in [0.3, 0.4) is 0 Å². The van der Waals surface area contributed by atoms with Gasteiger partial charge in [0, 0.05) is 0 Å². The van der Waals surface area contributed by atoms with E-state index < -0.39 is 0 Å². The Kier molecular flexibility index (Phi) is 2.29. The lowest BCUT2D eigenvalue weighted by Crippen LogP contribution is -1.90. The molecule has 0 aliphatic heterocycles. The van der Waals surface area contributed by atoms with Crippen molar-refractivity contribution in [1.29, 1.82) is 15.8 Å². The monoisotopic (exact) mass is 167 g/mol. The van der Waals surface area contributed by atoms with E-state index in [0.29, 0.717) is 0 Å². The van der Waals surface area contributed by atoms with Crippen LogP contribution in [-0.2, 0) is 0 Å². The third-order valence-electron chi connectivity index (χ3n) is 1.64. The summed E-state index contributed by atoms with van der Waals surface area (Å²) in [5.74, 6) is 0. The van der Waals surface area contributed by atoms with Crippen LogP contribution in [0.25, 0.3) is 0 Å². The van der Waals surface area contributed by atoms with Gasteiger partial charge in [0.05, 0.1) is 16.7 Å². The van der Waals surface area contributed by atoms with Crippen LogP contribution in [0.5, 0.6) is 0 Å². The molecule has 0 aliphatic rings. The van der Waals surface area contributed by atoms with Crippen LogP contribution >= 0.6 is 0 Å². The van der Waals surface area contributed by atoms with Crippen molar-refractivity contribution in [2.45, 2.75) is 6.92 Å². The highest BCUT2D eigenvalue weighted by molar-refractivity contribution is 5.56. The predicted molar refractivity (Wildman–Crippen MR) is 45.3 cm³/mol. The van der Waals surface area contributed by atoms with Crippen LogP contribution in [0.4, 0.5) is 0 Å². The van der Waals surface area contributed by atoms with Crippen molar-refractivity contribution in [3.8, 4) is 18.2 Å². The van der Waals surface area contributed by atoms with Gasteiger partial charge in [-0.2, -0.15) is 15.8 Å². The van der Waals surface area contributed by atoms with Crippen molar-refractivity contribution < 1.29 is 0 Å². The Hall–Kier alpha value is -2.31. The number of rotatable bonds is 0. The second-order valence-electron chi connectivity index (χ2n) is 2.57. The molecule has 0 N–H and O–H groups in total. The molecule has 0 heterocycles. The minimum absolute atomic E-state index is 0.163. The van der Waals surface area contributed by atoms with Crippen LogP contribution in [0.1, 0.15) is 22.3 Å². The van der Waals surface area contributed by atoms with Gasteiger partial charge in [-0.05, 0) is 24.6 Å². The van der Waals surface area contributed by atoms with Crippen LogP contribution in [0, 0.1) is 40.9 Å². The molecule has 0 spiro atoms. The molecule has 0 bridgehead atoms. The molecule has 0 unspecified atom stereocenters. The summed E-state index contributed by atoms with van der Waals surface area (Å²) < 4.78 is 0. The Morgan fingerprint density at radius 3 is 1.69 bits per heavy atom. The van der Waals surface area contributed by atoms with Gasteiger partial charge in [0.2, 0.25) is 0 Å². The topological polar surface area (TPSA) is 71.4 Å². The first-order chi connectivity index (χ1) is 6.22. The van der Waals surface area contributed by atoms with Gasteiger partial charge in [-0.1, -0.05) is 0 Å². The molecule has 1 rings (SSSR count). The van der Waals surface area contributed by atoms with Crippen molar-refractivity contribution in [3.05, 3.63) is 34.4 Å². The lowest BCUT2D eigenvalue weighted by atomic mass is 10.0. The van der Waals surface area contributed by atoms with E-state index in [-0.39, 0.29) is 16.7 Å². The predicted octanol–water partition coefficient (Wildman–Crippen LogP) is 1.61. The van der Waals surface area contributed by atoms with Crippen LogP contribution in [-0.4, -0.2) is 0 Å². The fourth-order valence-corrected chi connectivity index (χ4v) is 1.08. The molecule has 0 radical (unpaired) electrons. The van der Waals surface area contributed by atoms with Gasteiger partial charge in [-0.3, -0.25) is 0 Å². The molecule has 0 aliphatic carbocycles. The highest BCUT2D eigenvalue weighted by Gasteiger charge is 2.07. The molecule has 60 valence electrons. The Bertz CT molecular complexity index is 431. The fourth-order valence-electron chi connectivity index (χ4n) is 1.08. The number of benzene rings is 1. The van der Waals surface area contributed by atoms with Crippen molar-refractivity contribution >= 4 is 0 Å². The van der Waals surface area contributed by atoms with Crippen LogP contribution < -0.4 is 0 Å². The van der Waals surface area contributed by atoms with E-state index in [0.717, 1.165) is 5.56 Å². The first kappa shape index (κ1) is 8.78. The SMILES string of the molecule is Cc1cc(C#N)c(C#N)c(C#N)c1. The minimum Gasteiger partial charge on any atom is -0.192 e. The fraction of sp³-hybridized carbons (Fsp3) is 0.100. The maximum Gasteiger partial charge on any atom is 0.102 e. The van der Waals surface area contributed by atoms with Gasteiger partial charge in [0.15, 0.2) is 0 Å². The maximum absolute atomic E-state index is 8.70. The molecule has 0 aromatic heterocycles. The summed E-state index contributed by atoms with van der Waals surface area (Å²) >= 11 is 0. The molecule has 3 heteroatoms. The van der Waals surface area contributed by atoms with Crippen molar-refractivity contribution in [3.63, 3.8) is 0 Å². The molecular formula is C10H5N3.